The van der Waals surface area contributed by atoms with Crippen molar-refractivity contribution in [3.63, 3.8) is 0 Å². The molecule has 18 heavy (non-hydrogen) atoms. The normalized spacial score (nSPS) is 12.3. The SMILES string of the molecule is CC(C)CN(C)C(=O)C(C)Oc1ccccc1Cl. The molecule has 0 N–H and O–H groups in total. The lowest BCUT2D eigenvalue weighted by Gasteiger charge is -2.23. The van der Waals surface area contributed by atoms with Gasteiger partial charge in [0.2, 0.25) is 0 Å². The zero-order chi connectivity index (χ0) is 13.7. The molecule has 1 rings (SSSR count). The number of ether oxygens (including phenoxy) is 1. The lowest BCUT2D eigenvalue weighted by atomic mass is 10.2. The number of benzene rings is 1. The Hall–Kier alpha value is -1.22. The molecule has 0 saturated heterocycles. The smallest absolute Gasteiger partial charge is 0.263 e. The zero-order valence-corrected chi connectivity index (χ0v) is 12.1. The van der Waals surface area contributed by atoms with E-state index in [-0.39, 0.29) is 5.91 Å². The standard InChI is InChI=1S/C14H20ClNO2/c1-10(2)9-16(4)14(17)11(3)18-13-8-6-5-7-12(13)15/h5-8,10-11H,9H2,1-4H3. The van der Waals surface area contributed by atoms with Gasteiger partial charge < -0.3 is 9.64 Å². The van der Waals surface area contributed by atoms with Crippen LogP contribution in [0.4, 0.5) is 0 Å². The van der Waals surface area contributed by atoms with E-state index in [1.807, 2.05) is 12.1 Å². The molecule has 0 bridgehead atoms. The molecule has 0 aliphatic heterocycles. The van der Waals surface area contributed by atoms with Gasteiger partial charge in [0.05, 0.1) is 5.02 Å². The summed E-state index contributed by atoms with van der Waals surface area (Å²) in [7, 11) is 1.79. The molecule has 4 heteroatoms. The number of halogens is 1. The van der Waals surface area contributed by atoms with Crippen molar-refractivity contribution in [3.8, 4) is 5.75 Å². The molecule has 0 saturated carbocycles. The summed E-state index contributed by atoms with van der Waals surface area (Å²) in [6, 6.07) is 7.16. The van der Waals surface area contributed by atoms with Crippen LogP contribution >= 0.6 is 11.6 Å². The second-order valence-electron chi connectivity index (χ2n) is 4.80. The first-order chi connectivity index (χ1) is 8.41. The number of likely N-dealkylation sites (N-methyl/N-ethyl adjacent to an activating group) is 1. The van der Waals surface area contributed by atoms with Crippen molar-refractivity contribution >= 4 is 17.5 Å². The predicted molar refractivity (Wildman–Crippen MR) is 74.0 cm³/mol. The number of carbonyl (C=O) groups excluding carboxylic acids is 1. The summed E-state index contributed by atoms with van der Waals surface area (Å²) >= 11 is 5.99. The lowest BCUT2D eigenvalue weighted by Crippen LogP contribution is -2.39. The largest absolute Gasteiger partial charge is 0.479 e. The van der Waals surface area contributed by atoms with E-state index in [1.165, 1.54) is 0 Å². The van der Waals surface area contributed by atoms with Crippen molar-refractivity contribution < 1.29 is 9.53 Å². The van der Waals surface area contributed by atoms with Crippen LogP contribution in [0.3, 0.4) is 0 Å². The number of nitrogens with zero attached hydrogens (tertiary/aromatic N) is 1. The molecular formula is C14H20ClNO2. The summed E-state index contributed by atoms with van der Waals surface area (Å²) in [5.74, 6) is 0.938. The third-order valence-electron chi connectivity index (χ3n) is 2.50. The topological polar surface area (TPSA) is 29.5 Å². The van der Waals surface area contributed by atoms with E-state index in [4.69, 9.17) is 16.3 Å². The summed E-state index contributed by atoms with van der Waals surface area (Å²) in [4.78, 5) is 13.7. The Labute approximate surface area is 114 Å². The molecule has 0 heterocycles. The van der Waals surface area contributed by atoms with Crippen LogP contribution in [-0.4, -0.2) is 30.5 Å². The molecular weight excluding hydrogens is 250 g/mol. The van der Waals surface area contributed by atoms with Gasteiger partial charge in [0.1, 0.15) is 5.75 Å². The molecule has 0 aliphatic carbocycles. The predicted octanol–water partition coefficient (Wildman–Crippen LogP) is 3.22. The molecule has 0 radical (unpaired) electrons. The Balaban J connectivity index is 2.63. The Bertz CT molecular complexity index is 407. The van der Waals surface area contributed by atoms with Gasteiger partial charge in [0.25, 0.3) is 5.91 Å². The van der Waals surface area contributed by atoms with E-state index in [0.717, 1.165) is 6.54 Å². The highest BCUT2D eigenvalue weighted by molar-refractivity contribution is 6.32. The first-order valence-electron chi connectivity index (χ1n) is 6.08. The first-order valence-corrected chi connectivity index (χ1v) is 6.45. The molecule has 0 aromatic heterocycles. The van der Waals surface area contributed by atoms with E-state index in [0.29, 0.717) is 16.7 Å². The third kappa shape index (κ3) is 4.22. The van der Waals surface area contributed by atoms with Gasteiger partial charge in [-0.2, -0.15) is 0 Å². The molecule has 1 aromatic carbocycles. The quantitative estimate of drug-likeness (QED) is 0.821. The van der Waals surface area contributed by atoms with Crippen LogP contribution in [-0.2, 0) is 4.79 Å². The molecule has 1 unspecified atom stereocenters. The summed E-state index contributed by atoms with van der Waals surface area (Å²) in [6.45, 7) is 6.60. The van der Waals surface area contributed by atoms with Crippen LogP contribution in [0, 0.1) is 5.92 Å². The molecule has 1 aromatic rings. The molecule has 1 amide bonds. The average Bonchev–Trinajstić information content (AvgIpc) is 2.30. The summed E-state index contributed by atoms with van der Waals surface area (Å²) in [5, 5.41) is 0.517. The van der Waals surface area contributed by atoms with Crippen LogP contribution < -0.4 is 4.74 Å². The lowest BCUT2D eigenvalue weighted by molar-refractivity contribution is -0.137. The maximum absolute atomic E-state index is 12.1. The number of hydrogen-bond donors (Lipinski definition) is 0. The fourth-order valence-electron chi connectivity index (χ4n) is 1.73. The number of carbonyl (C=O) groups is 1. The Morgan fingerprint density at radius 3 is 2.50 bits per heavy atom. The summed E-state index contributed by atoms with van der Waals surface area (Å²) in [6.07, 6.45) is -0.534. The van der Waals surface area contributed by atoms with Crippen molar-refractivity contribution in [2.24, 2.45) is 5.92 Å². The minimum absolute atomic E-state index is 0.0383. The number of amides is 1. The monoisotopic (exact) mass is 269 g/mol. The van der Waals surface area contributed by atoms with Crippen LogP contribution in [0.1, 0.15) is 20.8 Å². The second-order valence-corrected chi connectivity index (χ2v) is 5.21. The maximum atomic E-state index is 12.1. The Morgan fingerprint density at radius 1 is 1.33 bits per heavy atom. The minimum Gasteiger partial charge on any atom is -0.479 e. The Morgan fingerprint density at radius 2 is 1.94 bits per heavy atom. The van der Waals surface area contributed by atoms with E-state index in [2.05, 4.69) is 13.8 Å². The van der Waals surface area contributed by atoms with Crippen molar-refractivity contribution in [2.75, 3.05) is 13.6 Å². The van der Waals surface area contributed by atoms with Gasteiger partial charge in [-0.15, -0.1) is 0 Å². The second kappa shape index (κ2) is 6.64. The van der Waals surface area contributed by atoms with Gasteiger partial charge in [-0.05, 0) is 25.0 Å². The van der Waals surface area contributed by atoms with E-state index in [9.17, 15) is 4.79 Å². The zero-order valence-electron chi connectivity index (χ0n) is 11.3. The van der Waals surface area contributed by atoms with Gasteiger partial charge in [-0.1, -0.05) is 37.6 Å². The van der Waals surface area contributed by atoms with Crippen molar-refractivity contribution in [1.82, 2.24) is 4.90 Å². The molecule has 100 valence electrons. The van der Waals surface area contributed by atoms with Gasteiger partial charge >= 0.3 is 0 Å². The number of para-hydroxylation sites is 1. The highest BCUT2D eigenvalue weighted by atomic mass is 35.5. The molecule has 0 aliphatic rings. The van der Waals surface area contributed by atoms with Gasteiger partial charge in [0.15, 0.2) is 6.10 Å². The van der Waals surface area contributed by atoms with Crippen molar-refractivity contribution in [2.45, 2.75) is 26.9 Å². The molecule has 0 spiro atoms. The fraction of sp³-hybridized carbons (Fsp3) is 0.500. The maximum Gasteiger partial charge on any atom is 0.263 e. The molecule has 0 fully saturated rings. The highest BCUT2D eigenvalue weighted by Crippen LogP contribution is 2.24. The van der Waals surface area contributed by atoms with Crippen LogP contribution in [0.25, 0.3) is 0 Å². The number of rotatable bonds is 5. The average molecular weight is 270 g/mol. The highest BCUT2D eigenvalue weighted by Gasteiger charge is 2.20. The minimum atomic E-state index is -0.534. The van der Waals surface area contributed by atoms with Crippen LogP contribution in [0.5, 0.6) is 5.75 Å². The van der Waals surface area contributed by atoms with E-state index >= 15 is 0 Å². The summed E-state index contributed by atoms with van der Waals surface area (Å²) in [5.41, 5.74) is 0. The fourth-order valence-corrected chi connectivity index (χ4v) is 1.91. The van der Waals surface area contributed by atoms with E-state index < -0.39 is 6.10 Å². The van der Waals surface area contributed by atoms with Gasteiger partial charge in [0, 0.05) is 13.6 Å². The number of hydrogen-bond acceptors (Lipinski definition) is 2. The Kier molecular flexibility index (Phi) is 5.48. The van der Waals surface area contributed by atoms with Crippen LogP contribution in [0.2, 0.25) is 5.02 Å². The van der Waals surface area contributed by atoms with Crippen molar-refractivity contribution in [3.05, 3.63) is 29.3 Å². The molecule has 1 atom stereocenters. The first kappa shape index (κ1) is 14.8. The third-order valence-corrected chi connectivity index (χ3v) is 2.82. The van der Waals surface area contributed by atoms with Gasteiger partial charge in [-0.3, -0.25) is 4.79 Å². The van der Waals surface area contributed by atoms with Crippen LogP contribution in [0.15, 0.2) is 24.3 Å². The van der Waals surface area contributed by atoms with E-state index in [1.54, 1.807) is 31.0 Å². The van der Waals surface area contributed by atoms with Gasteiger partial charge in [-0.25, -0.2) is 0 Å². The van der Waals surface area contributed by atoms with Crippen molar-refractivity contribution in [1.29, 1.82) is 0 Å². The molecule has 3 nitrogen and oxygen atoms in total. The summed E-state index contributed by atoms with van der Waals surface area (Å²) < 4.78 is 5.59.